The Morgan fingerprint density at radius 3 is 2.64 bits per heavy atom. The second-order valence-electron chi connectivity index (χ2n) is 3.49. The summed E-state index contributed by atoms with van der Waals surface area (Å²) < 4.78 is 25.4. The molecule has 4 nitrogen and oxygen atoms in total. The third-order valence-electron chi connectivity index (χ3n) is 2.38. The van der Waals surface area contributed by atoms with Crippen LogP contribution in [0.1, 0.15) is 19.3 Å². The van der Waals surface area contributed by atoms with Crippen molar-refractivity contribution in [1.29, 1.82) is 0 Å². The number of hydrogen-bond acceptors (Lipinski definition) is 3. The predicted molar refractivity (Wildman–Crippen MR) is 45.8 cm³/mol. The van der Waals surface area contributed by atoms with E-state index >= 15 is 0 Å². The molecule has 6 heteroatoms. The molecule has 2 atom stereocenters. The molecule has 0 aromatic rings. The molecule has 2 unspecified atom stereocenters. The second kappa shape index (κ2) is 4.18. The Morgan fingerprint density at radius 2 is 2.21 bits per heavy atom. The standard InChI is InChI=1S/C8H14F2N2O2/c9-8(10,4-11)7(14)12-5-2-1-3-6(5)13/h5-6,13H,1-4,11H2,(H,12,14). The van der Waals surface area contributed by atoms with E-state index in [2.05, 4.69) is 5.32 Å². The third-order valence-corrected chi connectivity index (χ3v) is 2.38. The SMILES string of the molecule is NCC(F)(F)C(=O)NC1CCCC1O. The largest absolute Gasteiger partial charge is 0.391 e. The second-order valence-corrected chi connectivity index (χ2v) is 3.49. The normalized spacial score (nSPS) is 27.7. The van der Waals surface area contributed by atoms with E-state index in [0.29, 0.717) is 12.8 Å². The number of rotatable bonds is 3. The number of alkyl halides is 2. The van der Waals surface area contributed by atoms with Crippen LogP contribution in [0.15, 0.2) is 0 Å². The molecule has 1 rings (SSSR count). The number of aliphatic hydroxyl groups excluding tert-OH is 1. The summed E-state index contributed by atoms with van der Waals surface area (Å²) in [6, 6.07) is -0.556. The van der Waals surface area contributed by atoms with E-state index < -0.39 is 30.5 Å². The lowest BCUT2D eigenvalue weighted by Crippen LogP contribution is -2.50. The van der Waals surface area contributed by atoms with Crippen LogP contribution in [0.5, 0.6) is 0 Å². The predicted octanol–water partition coefficient (Wildman–Crippen LogP) is -0.390. The first-order chi connectivity index (χ1) is 6.47. The van der Waals surface area contributed by atoms with E-state index in [1.165, 1.54) is 0 Å². The molecule has 0 spiro atoms. The lowest BCUT2D eigenvalue weighted by molar-refractivity contribution is -0.145. The fourth-order valence-corrected chi connectivity index (χ4v) is 1.48. The number of nitrogens with one attached hydrogen (secondary N) is 1. The number of nitrogens with two attached hydrogens (primary N) is 1. The van der Waals surface area contributed by atoms with Crippen molar-refractivity contribution < 1.29 is 18.7 Å². The van der Waals surface area contributed by atoms with E-state index in [-0.39, 0.29) is 0 Å². The van der Waals surface area contributed by atoms with Crippen LogP contribution in [-0.4, -0.2) is 35.6 Å². The van der Waals surface area contributed by atoms with Crippen LogP contribution in [0.3, 0.4) is 0 Å². The quantitative estimate of drug-likeness (QED) is 0.591. The Labute approximate surface area is 80.5 Å². The highest BCUT2D eigenvalue weighted by molar-refractivity contribution is 5.83. The topological polar surface area (TPSA) is 75.4 Å². The van der Waals surface area contributed by atoms with Crippen molar-refractivity contribution in [2.24, 2.45) is 5.73 Å². The van der Waals surface area contributed by atoms with Crippen LogP contribution in [0, 0.1) is 0 Å². The van der Waals surface area contributed by atoms with Gasteiger partial charge in [-0.05, 0) is 19.3 Å². The highest BCUT2D eigenvalue weighted by atomic mass is 19.3. The minimum atomic E-state index is -3.54. The van der Waals surface area contributed by atoms with Crippen molar-refractivity contribution in [2.75, 3.05) is 6.54 Å². The van der Waals surface area contributed by atoms with Gasteiger partial charge in [0.15, 0.2) is 0 Å². The van der Waals surface area contributed by atoms with Gasteiger partial charge in [0, 0.05) is 0 Å². The van der Waals surface area contributed by atoms with Crippen LogP contribution < -0.4 is 11.1 Å². The molecule has 4 N–H and O–H groups in total. The van der Waals surface area contributed by atoms with Gasteiger partial charge in [-0.25, -0.2) is 0 Å². The van der Waals surface area contributed by atoms with Crippen molar-refractivity contribution in [3.8, 4) is 0 Å². The summed E-state index contributed by atoms with van der Waals surface area (Å²) in [5.74, 6) is -4.94. The molecule has 14 heavy (non-hydrogen) atoms. The number of carbonyl (C=O) groups excluding carboxylic acids is 1. The van der Waals surface area contributed by atoms with Gasteiger partial charge in [-0.15, -0.1) is 0 Å². The molecule has 1 aliphatic rings. The molecule has 1 saturated carbocycles. The average molecular weight is 208 g/mol. The summed E-state index contributed by atoms with van der Waals surface area (Å²) in [6.07, 6.45) is 1.10. The Morgan fingerprint density at radius 1 is 1.57 bits per heavy atom. The van der Waals surface area contributed by atoms with Crippen LogP contribution in [0.2, 0.25) is 0 Å². The maximum absolute atomic E-state index is 12.7. The summed E-state index contributed by atoms with van der Waals surface area (Å²) in [5, 5.41) is 11.4. The maximum Gasteiger partial charge on any atom is 0.336 e. The lowest BCUT2D eigenvalue weighted by atomic mass is 10.2. The minimum Gasteiger partial charge on any atom is -0.391 e. The van der Waals surface area contributed by atoms with E-state index in [0.717, 1.165) is 6.42 Å². The molecule has 0 saturated heterocycles. The van der Waals surface area contributed by atoms with Crippen LogP contribution >= 0.6 is 0 Å². The zero-order valence-electron chi connectivity index (χ0n) is 7.67. The Bertz CT molecular complexity index is 223. The molecule has 1 amide bonds. The summed E-state index contributed by atoms with van der Waals surface area (Å²) in [6.45, 7) is -1.01. The van der Waals surface area contributed by atoms with Gasteiger partial charge in [0.1, 0.15) is 0 Å². The number of aliphatic hydroxyl groups is 1. The number of amides is 1. The summed E-state index contributed by atoms with van der Waals surface area (Å²) in [4.78, 5) is 10.9. The average Bonchev–Trinajstić information content (AvgIpc) is 2.52. The van der Waals surface area contributed by atoms with Crippen molar-refractivity contribution in [3.63, 3.8) is 0 Å². The van der Waals surface area contributed by atoms with E-state index in [1.54, 1.807) is 0 Å². The molecule has 0 heterocycles. The van der Waals surface area contributed by atoms with Gasteiger partial charge in [-0.3, -0.25) is 4.79 Å². The zero-order valence-corrected chi connectivity index (χ0v) is 7.67. The monoisotopic (exact) mass is 208 g/mol. The van der Waals surface area contributed by atoms with Gasteiger partial charge < -0.3 is 16.2 Å². The molecule has 0 aliphatic heterocycles. The van der Waals surface area contributed by atoms with Gasteiger partial charge in [-0.2, -0.15) is 8.78 Å². The zero-order chi connectivity index (χ0) is 10.8. The van der Waals surface area contributed by atoms with Crippen LogP contribution in [0.4, 0.5) is 8.78 Å². The first-order valence-corrected chi connectivity index (χ1v) is 4.54. The van der Waals surface area contributed by atoms with Gasteiger partial charge in [0.25, 0.3) is 5.91 Å². The first kappa shape index (κ1) is 11.3. The van der Waals surface area contributed by atoms with Gasteiger partial charge in [-0.1, -0.05) is 0 Å². The first-order valence-electron chi connectivity index (χ1n) is 4.54. The van der Waals surface area contributed by atoms with Gasteiger partial charge >= 0.3 is 5.92 Å². The summed E-state index contributed by atoms with van der Waals surface area (Å²) >= 11 is 0. The highest BCUT2D eigenvalue weighted by Gasteiger charge is 2.39. The van der Waals surface area contributed by atoms with Crippen molar-refractivity contribution >= 4 is 5.91 Å². The van der Waals surface area contributed by atoms with Crippen LogP contribution in [0.25, 0.3) is 0 Å². The smallest absolute Gasteiger partial charge is 0.336 e. The van der Waals surface area contributed by atoms with Crippen LogP contribution in [-0.2, 0) is 4.79 Å². The van der Waals surface area contributed by atoms with E-state index in [9.17, 15) is 18.7 Å². The highest BCUT2D eigenvalue weighted by Crippen LogP contribution is 2.20. The van der Waals surface area contributed by atoms with E-state index in [1.807, 2.05) is 0 Å². The third kappa shape index (κ3) is 2.39. The summed E-state index contributed by atoms with van der Waals surface area (Å²) in [7, 11) is 0. The molecule has 0 bridgehead atoms. The van der Waals surface area contributed by atoms with Crippen molar-refractivity contribution in [2.45, 2.75) is 37.3 Å². The number of halogens is 2. The van der Waals surface area contributed by atoms with E-state index in [4.69, 9.17) is 5.73 Å². The Hall–Kier alpha value is -0.750. The molecule has 0 aromatic heterocycles. The molecule has 0 aromatic carbocycles. The van der Waals surface area contributed by atoms with Crippen molar-refractivity contribution in [1.82, 2.24) is 5.32 Å². The molecular formula is C8H14F2N2O2. The van der Waals surface area contributed by atoms with Crippen molar-refractivity contribution in [3.05, 3.63) is 0 Å². The van der Waals surface area contributed by atoms with Gasteiger partial charge in [0.2, 0.25) is 0 Å². The lowest BCUT2D eigenvalue weighted by Gasteiger charge is -2.20. The van der Waals surface area contributed by atoms with Gasteiger partial charge in [0.05, 0.1) is 18.7 Å². The number of hydrogen-bond donors (Lipinski definition) is 3. The number of carbonyl (C=O) groups is 1. The molecule has 1 aliphatic carbocycles. The molecule has 82 valence electrons. The fourth-order valence-electron chi connectivity index (χ4n) is 1.48. The Kier molecular flexibility index (Phi) is 3.38. The maximum atomic E-state index is 12.7. The Balaban J connectivity index is 2.48. The fraction of sp³-hybridized carbons (Fsp3) is 0.875. The minimum absolute atomic E-state index is 0.535. The summed E-state index contributed by atoms with van der Waals surface area (Å²) in [5.41, 5.74) is 4.74. The molecule has 0 radical (unpaired) electrons. The molecule has 1 fully saturated rings. The molecular weight excluding hydrogens is 194 g/mol.